The summed E-state index contributed by atoms with van der Waals surface area (Å²) in [5, 5.41) is 0. The van der Waals surface area contributed by atoms with Crippen molar-refractivity contribution < 1.29 is 14.0 Å². The van der Waals surface area contributed by atoms with Crippen molar-refractivity contribution in [2.45, 2.75) is 6.42 Å². The molecular formula is C9H7FO2. The fraction of sp³-hybridized carbons (Fsp3) is 0.111. The highest BCUT2D eigenvalue weighted by Crippen LogP contribution is 2.08. The first kappa shape index (κ1) is 8.59. The van der Waals surface area contributed by atoms with Crippen LogP contribution >= 0.6 is 0 Å². The van der Waals surface area contributed by atoms with E-state index in [1.54, 1.807) is 0 Å². The first-order valence-corrected chi connectivity index (χ1v) is 3.45. The van der Waals surface area contributed by atoms with Crippen molar-refractivity contribution in [1.29, 1.82) is 0 Å². The lowest BCUT2D eigenvalue weighted by Gasteiger charge is -1.98. The molecule has 62 valence electrons. The number of benzene rings is 1. The smallest absolute Gasteiger partial charge is 0.150 e. The van der Waals surface area contributed by atoms with E-state index in [1.807, 2.05) is 0 Å². The van der Waals surface area contributed by atoms with Gasteiger partial charge in [0.05, 0.1) is 0 Å². The molecule has 0 N–H and O–H groups in total. The lowest BCUT2D eigenvalue weighted by Crippen LogP contribution is -1.93. The molecule has 0 aliphatic carbocycles. The average molecular weight is 166 g/mol. The monoisotopic (exact) mass is 166 g/mol. The summed E-state index contributed by atoms with van der Waals surface area (Å²) in [6.45, 7) is 0. The summed E-state index contributed by atoms with van der Waals surface area (Å²) in [5.74, 6) is -0.451. The van der Waals surface area contributed by atoms with Crippen molar-refractivity contribution in [3.05, 3.63) is 35.1 Å². The zero-order chi connectivity index (χ0) is 8.97. The molecule has 0 unspecified atom stereocenters. The van der Waals surface area contributed by atoms with E-state index in [0.717, 1.165) is 0 Å². The van der Waals surface area contributed by atoms with Crippen molar-refractivity contribution in [3.63, 3.8) is 0 Å². The van der Waals surface area contributed by atoms with Gasteiger partial charge in [-0.3, -0.25) is 4.79 Å². The van der Waals surface area contributed by atoms with Crippen molar-refractivity contribution in [2.24, 2.45) is 0 Å². The molecule has 1 rings (SSSR count). The Morgan fingerprint density at radius 1 is 1.33 bits per heavy atom. The zero-order valence-electron chi connectivity index (χ0n) is 6.29. The van der Waals surface area contributed by atoms with Crippen LogP contribution in [0.3, 0.4) is 0 Å². The molecule has 0 saturated heterocycles. The molecule has 1 aromatic carbocycles. The SMILES string of the molecule is O=CCc1cc(C=O)ccc1F. The summed E-state index contributed by atoms with van der Waals surface area (Å²) >= 11 is 0. The van der Waals surface area contributed by atoms with Gasteiger partial charge in [0.1, 0.15) is 18.4 Å². The van der Waals surface area contributed by atoms with Gasteiger partial charge in [-0.1, -0.05) is 0 Å². The van der Waals surface area contributed by atoms with E-state index < -0.39 is 5.82 Å². The highest BCUT2D eigenvalue weighted by molar-refractivity contribution is 5.75. The van der Waals surface area contributed by atoms with Gasteiger partial charge in [0, 0.05) is 12.0 Å². The Kier molecular flexibility index (Phi) is 2.69. The Labute approximate surface area is 69.0 Å². The lowest BCUT2D eigenvalue weighted by molar-refractivity contribution is -0.107. The number of aldehydes is 2. The Morgan fingerprint density at radius 2 is 2.08 bits per heavy atom. The highest BCUT2D eigenvalue weighted by Gasteiger charge is 2.01. The molecule has 0 saturated carbocycles. The summed E-state index contributed by atoms with van der Waals surface area (Å²) in [6, 6.07) is 3.93. The maximum Gasteiger partial charge on any atom is 0.150 e. The van der Waals surface area contributed by atoms with Crippen LogP contribution in [-0.4, -0.2) is 12.6 Å². The van der Waals surface area contributed by atoms with E-state index in [9.17, 15) is 14.0 Å². The summed E-state index contributed by atoms with van der Waals surface area (Å²) < 4.78 is 12.8. The van der Waals surface area contributed by atoms with Crippen molar-refractivity contribution in [3.8, 4) is 0 Å². The van der Waals surface area contributed by atoms with E-state index in [4.69, 9.17) is 0 Å². The highest BCUT2D eigenvalue weighted by atomic mass is 19.1. The third-order valence-electron chi connectivity index (χ3n) is 1.51. The first-order chi connectivity index (χ1) is 5.77. The molecule has 12 heavy (non-hydrogen) atoms. The second-order valence-electron chi connectivity index (χ2n) is 2.34. The lowest BCUT2D eigenvalue weighted by atomic mass is 10.1. The van der Waals surface area contributed by atoms with Crippen LogP contribution in [0.25, 0.3) is 0 Å². The maximum absolute atomic E-state index is 12.8. The first-order valence-electron chi connectivity index (χ1n) is 3.45. The van der Waals surface area contributed by atoms with Gasteiger partial charge in [-0.05, 0) is 23.8 Å². The van der Waals surface area contributed by atoms with Crippen LogP contribution in [0, 0.1) is 5.82 Å². The molecule has 1 aromatic rings. The van der Waals surface area contributed by atoms with Gasteiger partial charge in [-0.15, -0.1) is 0 Å². The Bertz CT molecular complexity index is 307. The maximum atomic E-state index is 12.8. The molecule has 0 amide bonds. The number of hydrogen-bond donors (Lipinski definition) is 0. The number of carbonyl (C=O) groups is 2. The Hall–Kier alpha value is -1.51. The summed E-state index contributed by atoms with van der Waals surface area (Å²) in [6.07, 6.45) is 1.23. The van der Waals surface area contributed by atoms with Gasteiger partial charge in [0.15, 0.2) is 0 Å². The minimum Gasteiger partial charge on any atom is -0.303 e. The molecule has 0 aromatic heterocycles. The van der Waals surface area contributed by atoms with E-state index in [2.05, 4.69) is 0 Å². The summed E-state index contributed by atoms with van der Waals surface area (Å²) in [7, 11) is 0. The summed E-state index contributed by atoms with van der Waals surface area (Å²) in [4.78, 5) is 20.3. The topological polar surface area (TPSA) is 34.1 Å². The summed E-state index contributed by atoms with van der Waals surface area (Å²) in [5.41, 5.74) is 0.642. The van der Waals surface area contributed by atoms with Crippen molar-refractivity contribution >= 4 is 12.6 Å². The van der Waals surface area contributed by atoms with Crippen molar-refractivity contribution in [2.75, 3.05) is 0 Å². The van der Waals surface area contributed by atoms with Gasteiger partial charge >= 0.3 is 0 Å². The minimum absolute atomic E-state index is 0.00745. The molecule has 0 aliphatic heterocycles. The Balaban J connectivity index is 3.06. The average Bonchev–Trinajstić information content (AvgIpc) is 2.09. The van der Waals surface area contributed by atoms with Crippen molar-refractivity contribution in [1.82, 2.24) is 0 Å². The van der Waals surface area contributed by atoms with Crippen LogP contribution in [0.15, 0.2) is 18.2 Å². The molecule has 0 aliphatic rings. The number of carbonyl (C=O) groups excluding carboxylic acids is 2. The van der Waals surface area contributed by atoms with Gasteiger partial charge < -0.3 is 4.79 Å². The molecule has 2 nitrogen and oxygen atoms in total. The van der Waals surface area contributed by atoms with Gasteiger partial charge in [-0.25, -0.2) is 4.39 Å². The van der Waals surface area contributed by atoms with E-state index in [0.29, 0.717) is 18.1 Å². The molecule has 0 fully saturated rings. The predicted molar refractivity (Wildman–Crippen MR) is 41.6 cm³/mol. The van der Waals surface area contributed by atoms with Crippen LogP contribution < -0.4 is 0 Å². The van der Waals surface area contributed by atoms with Crippen LogP contribution in [0.5, 0.6) is 0 Å². The molecule has 0 bridgehead atoms. The predicted octanol–water partition coefficient (Wildman–Crippen LogP) is 1.38. The molecule has 0 radical (unpaired) electrons. The number of halogens is 1. The standard InChI is InChI=1S/C9H7FO2/c10-9-2-1-7(6-12)5-8(9)3-4-11/h1-2,4-6H,3H2. The normalized spacial score (nSPS) is 9.42. The van der Waals surface area contributed by atoms with Gasteiger partial charge in [-0.2, -0.15) is 0 Å². The van der Waals surface area contributed by atoms with Crippen LogP contribution in [-0.2, 0) is 11.2 Å². The fourth-order valence-corrected chi connectivity index (χ4v) is 0.914. The minimum atomic E-state index is -0.451. The van der Waals surface area contributed by atoms with Gasteiger partial charge in [0.2, 0.25) is 0 Å². The third kappa shape index (κ3) is 1.75. The molecule has 0 spiro atoms. The van der Waals surface area contributed by atoms with Gasteiger partial charge in [0.25, 0.3) is 0 Å². The molecular weight excluding hydrogens is 159 g/mol. The Morgan fingerprint density at radius 3 is 2.67 bits per heavy atom. The van der Waals surface area contributed by atoms with E-state index in [1.165, 1.54) is 18.2 Å². The molecule has 0 atom stereocenters. The van der Waals surface area contributed by atoms with E-state index in [-0.39, 0.29) is 12.0 Å². The number of hydrogen-bond acceptors (Lipinski definition) is 2. The van der Waals surface area contributed by atoms with Crippen LogP contribution in [0.4, 0.5) is 4.39 Å². The zero-order valence-corrected chi connectivity index (χ0v) is 6.29. The van der Waals surface area contributed by atoms with Crippen LogP contribution in [0.1, 0.15) is 15.9 Å². The fourth-order valence-electron chi connectivity index (χ4n) is 0.914. The molecule has 3 heteroatoms. The number of rotatable bonds is 3. The quantitative estimate of drug-likeness (QED) is 0.635. The second-order valence-corrected chi connectivity index (χ2v) is 2.34. The third-order valence-corrected chi connectivity index (χ3v) is 1.51. The van der Waals surface area contributed by atoms with Crippen LogP contribution in [0.2, 0.25) is 0 Å². The second kappa shape index (κ2) is 3.76. The molecule has 0 heterocycles. The largest absolute Gasteiger partial charge is 0.303 e. The van der Waals surface area contributed by atoms with E-state index >= 15 is 0 Å².